The highest BCUT2D eigenvalue weighted by Gasteiger charge is 2.52. The lowest BCUT2D eigenvalue weighted by Gasteiger charge is -2.40. The molecule has 2 amide bonds. The third kappa shape index (κ3) is 4.23. The number of alkyl halides is 3. The van der Waals surface area contributed by atoms with E-state index in [9.17, 15) is 22.8 Å². The molecule has 1 unspecified atom stereocenters. The van der Waals surface area contributed by atoms with Gasteiger partial charge in [-0.3, -0.25) is 9.59 Å². The molecule has 1 aromatic carbocycles. The monoisotopic (exact) mass is 474 g/mol. The van der Waals surface area contributed by atoms with Crippen molar-refractivity contribution in [3.63, 3.8) is 0 Å². The van der Waals surface area contributed by atoms with Crippen molar-refractivity contribution in [1.29, 1.82) is 5.26 Å². The summed E-state index contributed by atoms with van der Waals surface area (Å²) in [6, 6.07) is 4.90. The first kappa shape index (κ1) is 23.0. The van der Waals surface area contributed by atoms with E-state index in [-0.39, 0.29) is 28.7 Å². The molecule has 2 aliphatic carbocycles. The Labute approximate surface area is 197 Å². The summed E-state index contributed by atoms with van der Waals surface area (Å²) in [6.07, 6.45) is 1.03. The van der Waals surface area contributed by atoms with Gasteiger partial charge < -0.3 is 15.1 Å². The Morgan fingerprint density at radius 1 is 1.15 bits per heavy atom. The van der Waals surface area contributed by atoms with Crippen molar-refractivity contribution in [1.82, 2.24) is 10.2 Å². The fraction of sp³-hybridized carbons (Fsp3) is 0.640. The van der Waals surface area contributed by atoms with Crippen molar-refractivity contribution in [2.75, 3.05) is 24.5 Å². The third-order valence-electron chi connectivity index (χ3n) is 8.12. The molecule has 34 heavy (non-hydrogen) atoms. The molecule has 6 nitrogen and oxygen atoms in total. The van der Waals surface area contributed by atoms with E-state index in [1.165, 1.54) is 12.1 Å². The number of anilines is 1. The lowest BCUT2D eigenvalue weighted by atomic mass is 9.76. The van der Waals surface area contributed by atoms with Crippen molar-refractivity contribution in [3.05, 3.63) is 29.3 Å². The molecule has 0 radical (unpaired) electrons. The maximum atomic E-state index is 13.6. The van der Waals surface area contributed by atoms with Crippen LogP contribution in [0.1, 0.15) is 63.0 Å². The molecular weight excluding hydrogens is 445 g/mol. The summed E-state index contributed by atoms with van der Waals surface area (Å²) >= 11 is 0. The first-order valence-corrected chi connectivity index (χ1v) is 12.0. The van der Waals surface area contributed by atoms with Gasteiger partial charge in [-0.1, -0.05) is 6.92 Å². The van der Waals surface area contributed by atoms with Gasteiger partial charge in [0, 0.05) is 36.8 Å². The summed E-state index contributed by atoms with van der Waals surface area (Å²) in [5.74, 6) is 0.0448. The Kier molecular flexibility index (Phi) is 5.34. The van der Waals surface area contributed by atoms with Gasteiger partial charge in [-0.2, -0.15) is 18.4 Å². The molecule has 4 fully saturated rings. The fourth-order valence-electron chi connectivity index (χ4n) is 5.46. The van der Waals surface area contributed by atoms with Crippen LogP contribution in [0.5, 0.6) is 0 Å². The second kappa shape index (κ2) is 7.89. The topological polar surface area (TPSA) is 76.4 Å². The number of hydrogen-bond donors (Lipinski definition) is 1. The molecule has 2 saturated carbocycles. The highest BCUT2D eigenvalue weighted by atomic mass is 19.4. The number of carbonyl (C=O) groups excluding carboxylic acids is 2. The van der Waals surface area contributed by atoms with Crippen molar-refractivity contribution in [2.45, 2.75) is 70.1 Å². The Hall–Kier alpha value is -2.76. The van der Waals surface area contributed by atoms with Crippen LogP contribution in [0.3, 0.4) is 0 Å². The van der Waals surface area contributed by atoms with Crippen molar-refractivity contribution in [3.8, 4) is 6.07 Å². The summed E-state index contributed by atoms with van der Waals surface area (Å²) in [4.78, 5) is 29.6. The van der Waals surface area contributed by atoms with Crippen LogP contribution in [0.2, 0.25) is 0 Å². The van der Waals surface area contributed by atoms with Gasteiger partial charge in [0.1, 0.15) is 6.04 Å². The number of rotatable bonds is 4. The zero-order valence-electron chi connectivity index (χ0n) is 19.2. The summed E-state index contributed by atoms with van der Waals surface area (Å²) in [6.45, 7) is 3.68. The minimum absolute atomic E-state index is 0.149. The Morgan fingerprint density at radius 3 is 2.38 bits per heavy atom. The van der Waals surface area contributed by atoms with Gasteiger partial charge in [-0.15, -0.1) is 0 Å². The zero-order chi connectivity index (χ0) is 24.3. The number of hydrogen-bond acceptors (Lipinski definition) is 4. The first-order chi connectivity index (χ1) is 16.0. The molecule has 2 saturated heterocycles. The number of amides is 2. The molecule has 2 heterocycles. The second-order valence-corrected chi connectivity index (χ2v) is 10.8. The van der Waals surface area contributed by atoms with Crippen LogP contribution in [0.15, 0.2) is 18.2 Å². The molecule has 4 aliphatic rings. The van der Waals surface area contributed by atoms with E-state index in [0.717, 1.165) is 44.6 Å². The quantitative estimate of drug-likeness (QED) is 0.720. The Bertz CT molecular complexity index is 1050. The number of halogens is 3. The molecular formula is C25H29F3N4O2. The summed E-state index contributed by atoms with van der Waals surface area (Å²) in [5, 5.41) is 12.2. The van der Waals surface area contributed by atoms with E-state index in [2.05, 4.69) is 5.32 Å². The molecule has 0 aromatic heterocycles. The number of nitrogens with one attached hydrogen (secondary N) is 1. The van der Waals surface area contributed by atoms with E-state index < -0.39 is 23.3 Å². The van der Waals surface area contributed by atoms with Crippen LogP contribution in [-0.4, -0.2) is 48.4 Å². The number of carbonyl (C=O) groups is 2. The molecule has 182 valence electrons. The van der Waals surface area contributed by atoms with Crippen LogP contribution in [-0.2, 0) is 15.8 Å². The maximum Gasteiger partial charge on any atom is 0.417 e. The fourth-order valence-corrected chi connectivity index (χ4v) is 5.46. The van der Waals surface area contributed by atoms with E-state index >= 15 is 0 Å². The van der Waals surface area contributed by atoms with Crippen LogP contribution in [0.25, 0.3) is 0 Å². The molecule has 5 rings (SSSR count). The van der Waals surface area contributed by atoms with Gasteiger partial charge in [-0.05, 0) is 68.6 Å². The standard InChI is InChI=1S/C25H29F3N4O2/c1-23(6-7-23)22(34)31-10-8-24(9-11-31)13-20(21(33)30-17-3-4-17)32(15-24)18-5-2-16(14-29)19(12-18)25(26,27)28/h2,5,12,17,20H,3-4,6-11,13,15H2,1H3,(H,30,33). The smallest absolute Gasteiger partial charge is 0.359 e. The predicted octanol–water partition coefficient (Wildman–Crippen LogP) is 3.84. The van der Waals surface area contributed by atoms with E-state index in [4.69, 9.17) is 5.26 Å². The Balaban J connectivity index is 1.40. The van der Waals surface area contributed by atoms with Gasteiger partial charge in [-0.25, -0.2) is 0 Å². The van der Waals surface area contributed by atoms with E-state index in [1.54, 1.807) is 11.0 Å². The van der Waals surface area contributed by atoms with Gasteiger partial charge in [0.2, 0.25) is 11.8 Å². The largest absolute Gasteiger partial charge is 0.417 e. The molecule has 9 heteroatoms. The predicted molar refractivity (Wildman–Crippen MR) is 119 cm³/mol. The van der Waals surface area contributed by atoms with Crippen molar-refractivity contribution in [2.24, 2.45) is 10.8 Å². The molecule has 1 spiro atoms. The van der Waals surface area contributed by atoms with Crippen LogP contribution in [0.4, 0.5) is 18.9 Å². The number of nitriles is 1. The molecule has 1 atom stereocenters. The summed E-state index contributed by atoms with van der Waals surface area (Å²) < 4.78 is 40.9. The number of likely N-dealkylation sites (tertiary alicyclic amines) is 1. The molecule has 1 N–H and O–H groups in total. The van der Waals surface area contributed by atoms with Gasteiger partial charge in [0.25, 0.3) is 0 Å². The summed E-state index contributed by atoms with van der Waals surface area (Å²) in [5.41, 5.74) is -1.56. The van der Waals surface area contributed by atoms with Gasteiger partial charge in [0.05, 0.1) is 17.2 Å². The molecule has 1 aromatic rings. The first-order valence-electron chi connectivity index (χ1n) is 12.0. The normalized spacial score (nSPS) is 25.2. The number of piperidine rings is 1. The minimum Gasteiger partial charge on any atom is -0.359 e. The van der Waals surface area contributed by atoms with Crippen LogP contribution in [0, 0.1) is 22.2 Å². The molecule has 2 aliphatic heterocycles. The minimum atomic E-state index is -4.66. The van der Waals surface area contributed by atoms with Gasteiger partial charge in [0.15, 0.2) is 0 Å². The third-order valence-corrected chi connectivity index (χ3v) is 8.12. The van der Waals surface area contributed by atoms with Crippen molar-refractivity contribution >= 4 is 17.5 Å². The van der Waals surface area contributed by atoms with E-state index in [0.29, 0.717) is 31.7 Å². The lowest BCUT2D eigenvalue weighted by Crippen LogP contribution is -2.46. The lowest BCUT2D eigenvalue weighted by molar-refractivity contribution is -0.139. The highest BCUT2D eigenvalue weighted by Crippen LogP contribution is 2.50. The Morgan fingerprint density at radius 2 is 1.82 bits per heavy atom. The van der Waals surface area contributed by atoms with Gasteiger partial charge >= 0.3 is 6.18 Å². The van der Waals surface area contributed by atoms with Crippen LogP contribution >= 0.6 is 0 Å². The highest BCUT2D eigenvalue weighted by molar-refractivity contribution is 5.87. The average Bonchev–Trinajstić information content (AvgIpc) is 3.73. The van der Waals surface area contributed by atoms with E-state index in [1.807, 2.05) is 11.8 Å². The van der Waals surface area contributed by atoms with Crippen molar-refractivity contribution < 1.29 is 22.8 Å². The summed E-state index contributed by atoms with van der Waals surface area (Å²) in [7, 11) is 0. The number of nitrogens with zero attached hydrogens (tertiary/aromatic N) is 3. The maximum absolute atomic E-state index is 13.6. The number of benzene rings is 1. The zero-order valence-corrected chi connectivity index (χ0v) is 19.2. The average molecular weight is 475 g/mol. The molecule has 0 bridgehead atoms. The van der Waals surface area contributed by atoms with Crippen LogP contribution < -0.4 is 10.2 Å². The SMILES string of the molecule is CC1(C(=O)N2CCC3(CC2)CC(C(=O)NC2CC2)N(c2ccc(C#N)c(C(F)(F)F)c2)C3)CC1. The second-order valence-electron chi connectivity index (χ2n) is 10.8.